The Morgan fingerprint density at radius 3 is 2.41 bits per heavy atom. The Balaban J connectivity index is 1.18. The van der Waals surface area contributed by atoms with E-state index < -0.39 is 0 Å². The van der Waals surface area contributed by atoms with Crippen molar-refractivity contribution < 1.29 is 9.53 Å². The molecule has 3 heterocycles. The zero-order valence-corrected chi connectivity index (χ0v) is 22.4. The third kappa shape index (κ3) is 5.67. The average Bonchev–Trinajstić information content (AvgIpc) is 3.44. The van der Waals surface area contributed by atoms with Crippen molar-refractivity contribution in [2.75, 3.05) is 36.4 Å². The van der Waals surface area contributed by atoms with Crippen LogP contribution in [0.2, 0.25) is 0 Å². The number of aromatic nitrogens is 3. The molecule has 0 bridgehead atoms. The lowest BCUT2D eigenvalue weighted by atomic mass is 10.1. The number of benzene rings is 3. The highest BCUT2D eigenvalue weighted by Gasteiger charge is 2.21. The molecule has 0 radical (unpaired) electrons. The normalized spacial score (nSPS) is 13.3. The summed E-state index contributed by atoms with van der Waals surface area (Å²) in [5.41, 5.74) is 11.0. The number of hydrogen-bond acceptors (Lipinski definition) is 6. The predicted octanol–water partition coefficient (Wildman–Crippen LogP) is 4.24. The maximum absolute atomic E-state index is 13.3. The van der Waals surface area contributed by atoms with Gasteiger partial charge in [-0.05, 0) is 41.5 Å². The Kier molecular flexibility index (Phi) is 7.19. The van der Waals surface area contributed by atoms with Gasteiger partial charge in [-0.3, -0.25) is 10.2 Å². The third-order valence-corrected chi connectivity index (χ3v) is 7.13. The first-order chi connectivity index (χ1) is 20.0. The van der Waals surface area contributed by atoms with Gasteiger partial charge in [0.1, 0.15) is 18.1 Å². The summed E-state index contributed by atoms with van der Waals surface area (Å²) in [5.74, 6) is 0.543. The Bertz CT molecular complexity index is 1680. The minimum Gasteiger partial charge on any atom is -0.489 e. The standard InChI is InChI=1S/C31H30N8O2/c32-31(33)38-18-16-37(17-19-38)28-9-5-4-8-26(28)36-30(40)27-14-15-39-29(35-27)25(20-34-39)23-10-12-24(13-11-23)41-21-22-6-2-1-3-7-22/h1-15,20H,16-19,21H2,(H3,32,33)(H,36,40). The van der Waals surface area contributed by atoms with Gasteiger partial charge in [0.2, 0.25) is 0 Å². The fourth-order valence-corrected chi connectivity index (χ4v) is 4.90. The Morgan fingerprint density at radius 1 is 0.927 bits per heavy atom. The van der Waals surface area contributed by atoms with Crippen molar-refractivity contribution in [3.05, 3.63) is 109 Å². The number of rotatable bonds is 7. The molecule has 41 heavy (non-hydrogen) atoms. The van der Waals surface area contributed by atoms with Crippen LogP contribution in [-0.4, -0.2) is 57.5 Å². The fourth-order valence-electron chi connectivity index (χ4n) is 4.90. The van der Waals surface area contributed by atoms with E-state index in [1.807, 2.05) is 83.8 Å². The lowest BCUT2D eigenvalue weighted by molar-refractivity contribution is 0.102. The van der Waals surface area contributed by atoms with Gasteiger partial charge in [-0.15, -0.1) is 0 Å². The molecule has 0 unspecified atom stereocenters. The summed E-state index contributed by atoms with van der Waals surface area (Å²) in [7, 11) is 0. The third-order valence-electron chi connectivity index (χ3n) is 7.13. The minimum atomic E-state index is -0.306. The van der Waals surface area contributed by atoms with Gasteiger partial charge in [0.25, 0.3) is 5.91 Å². The van der Waals surface area contributed by atoms with Gasteiger partial charge in [0.05, 0.1) is 17.6 Å². The summed E-state index contributed by atoms with van der Waals surface area (Å²) >= 11 is 0. The van der Waals surface area contributed by atoms with Crippen molar-refractivity contribution in [2.24, 2.45) is 5.73 Å². The monoisotopic (exact) mass is 546 g/mol. The van der Waals surface area contributed by atoms with Gasteiger partial charge < -0.3 is 25.6 Å². The molecule has 1 saturated heterocycles. The molecule has 4 N–H and O–H groups in total. The molecule has 2 aromatic heterocycles. The molecule has 0 saturated carbocycles. The SMILES string of the molecule is N=C(N)N1CCN(c2ccccc2NC(=O)c2ccn3ncc(-c4ccc(OCc5ccccc5)cc4)c3n2)CC1. The number of carbonyl (C=O) groups is 1. The summed E-state index contributed by atoms with van der Waals surface area (Å²) in [6.07, 6.45) is 3.49. The molecule has 0 spiro atoms. The number of piperazine rings is 1. The van der Waals surface area contributed by atoms with E-state index in [0.29, 0.717) is 49.8 Å². The second-order valence-corrected chi connectivity index (χ2v) is 9.77. The largest absolute Gasteiger partial charge is 0.489 e. The van der Waals surface area contributed by atoms with Crippen LogP contribution in [0.15, 0.2) is 97.3 Å². The van der Waals surface area contributed by atoms with E-state index in [9.17, 15) is 4.79 Å². The van der Waals surface area contributed by atoms with Crippen LogP contribution in [0, 0.1) is 5.41 Å². The summed E-state index contributed by atoms with van der Waals surface area (Å²) in [6.45, 7) is 3.20. The Hall–Kier alpha value is -5.38. The Morgan fingerprint density at radius 2 is 1.66 bits per heavy atom. The van der Waals surface area contributed by atoms with E-state index in [1.165, 1.54) is 0 Å². The van der Waals surface area contributed by atoms with Crippen molar-refractivity contribution in [3.63, 3.8) is 0 Å². The number of amides is 1. The van der Waals surface area contributed by atoms with Crippen LogP contribution in [0.25, 0.3) is 16.8 Å². The number of nitrogens with one attached hydrogen (secondary N) is 2. The van der Waals surface area contributed by atoms with E-state index in [0.717, 1.165) is 28.1 Å². The van der Waals surface area contributed by atoms with Crippen LogP contribution < -0.4 is 20.7 Å². The van der Waals surface area contributed by atoms with E-state index in [-0.39, 0.29) is 11.9 Å². The molecule has 1 fully saturated rings. The van der Waals surface area contributed by atoms with E-state index in [4.69, 9.17) is 15.9 Å². The van der Waals surface area contributed by atoms with Crippen molar-refractivity contribution >= 4 is 28.9 Å². The van der Waals surface area contributed by atoms with Crippen molar-refractivity contribution in [3.8, 4) is 16.9 Å². The summed E-state index contributed by atoms with van der Waals surface area (Å²) < 4.78 is 7.58. The van der Waals surface area contributed by atoms with Crippen LogP contribution in [0.4, 0.5) is 11.4 Å². The molecule has 1 aliphatic rings. The molecule has 0 atom stereocenters. The number of nitrogens with zero attached hydrogens (tertiary/aromatic N) is 5. The molecular formula is C31H30N8O2. The zero-order chi connectivity index (χ0) is 28.2. The van der Waals surface area contributed by atoms with E-state index in [2.05, 4.69) is 20.3 Å². The summed E-state index contributed by atoms with van der Waals surface area (Å²) in [6, 6.07) is 27.2. The predicted molar refractivity (Wildman–Crippen MR) is 159 cm³/mol. The van der Waals surface area contributed by atoms with Crippen LogP contribution in [0.1, 0.15) is 16.1 Å². The number of para-hydroxylation sites is 2. The second kappa shape index (κ2) is 11.4. The molecule has 10 heteroatoms. The van der Waals surface area contributed by atoms with Gasteiger partial charge in [-0.1, -0.05) is 54.6 Å². The summed E-state index contributed by atoms with van der Waals surface area (Å²) in [4.78, 5) is 22.1. The number of carbonyl (C=O) groups excluding carboxylic acids is 1. The van der Waals surface area contributed by atoms with Crippen LogP contribution in [-0.2, 0) is 6.61 Å². The Labute approximate surface area is 237 Å². The average molecular weight is 547 g/mol. The highest BCUT2D eigenvalue weighted by atomic mass is 16.5. The molecule has 3 aromatic carbocycles. The molecule has 0 aliphatic carbocycles. The van der Waals surface area contributed by atoms with Gasteiger partial charge in [-0.25, -0.2) is 9.50 Å². The number of hydrogen-bond donors (Lipinski definition) is 3. The second-order valence-electron chi connectivity index (χ2n) is 9.77. The van der Waals surface area contributed by atoms with Gasteiger partial charge >= 0.3 is 0 Å². The molecule has 6 rings (SSSR count). The number of nitrogens with two attached hydrogens (primary N) is 1. The first kappa shape index (κ1) is 25.9. The molecule has 1 amide bonds. The van der Waals surface area contributed by atoms with Crippen LogP contribution in [0.5, 0.6) is 5.75 Å². The minimum absolute atomic E-state index is 0.0827. The van der Waals surface area contributed by atoms with E-state index >= 15 is 0 Å². The topological polar surface area (TPSA) is 125 Å². The van der Waals surface area contributed by atoms with Crippen molar-refractivity contribution in [1.82, 2.24) is 19.5 Å². The lowest BCUT2D eigenvalue weighted by Crippen LogP contribution is -2.51. The number of guanidine groups is 1. The number of fused-ring (bicyclic) bond motifs is 1. The number of anilines is 2. The zero-order valence-electron chi connectivity index (χ0n) is 22.4. The van der Waals surface area contributed by atoms with Gasteiger partial charge in [0.15, 0.2) is 11.6 Å². The van der Waals surface area contributed by atoms with Gasteiger partial charge in [0, 0.05) is 37.9 Å². The molecular weight excluding hydrogens is 516 g/mol. The quantitative estimate of drug-likeness (QED) is 0.206. The van der Waals surface area contributed by atoms with Crippen molar-refractivity contribution in [2.45, 2.75) is 6.61 Å². The first-order valence-corrected chi connectivity index (χ1v) is 13.4. The highest BCUT2D eigenvalue weighted by molar-refractivity contribution is 6.05. The molecule has 5 aromatic rings. The maximum atomic E-state index is 13.3. The van der Waals surface area contributed by atoms with Crippen molar-refractivity contribution in [1.29, 1.82) is 5.41 Å². The van der Waals surface area contributed by atoms with Crippen LogP contribution in [0.3, 0.4) is 0 Å². The first-order valence-electron chi connectivity index (χ1n) is 13.4. The smallest absolute Gasteiger partial charge is 0.274 e. The molecule has 206 valence electrons. The molecule has 10 nitrogen and oxygen atoms in total. The van der Waals surface area contributed by atoms with Gasteiger partial charge in [-0.2, -0.15) is 5.10 Å². The molecule has 1 aliphatic heterocycles. The summed E-state index contributed by atoms with van der Waals surface area (Å²) in [5, 5.41) is 15.1. The van der Waals surface area contributed by atoms with Crippen LogP contribution >= 0.6 is 0 Å². The van der Waals surface area contributed by atoms with E-state index in [1.54, 1.807) is 23.0 Å². The highest BCUT2D eigenvalue weighted by Crippen LogP contribution is 2.28. The maximum Gasteiger partial charge on any atom is 0.274 e. The number of ether oxygens (including phenoxy) is 1. The fraction of sp³-hybridized carbons (Fsp3) is 0.161. The lowest BCUT2D eigenvalue weighted by Gasteiger charge is -2.37.